The Balaban J connectivity index is 1.53. The van der Waals surface area contributed by atoms with Crippen molar-refractivity contribution in [2.24, 2.45) is 0 Å². The summed E-state index contributed by atoms with van der Waals surface area (Å²) in [6.45, 7) is 0. The lowest BCUT2D eigenvalue weighted by Gasteiger charge is -2.08. The maximum atomic E-state index is 12.5. The second kappa shape index (κ2) is 6.80. The Hall–Kier alpha value is -3.10. The zero-order valence-electron chi connectivity index (χ0n) is 12.7. The van der Waals surface area contributed by atoms with E-state index in [1.165, 1.54) is 18.4 Å². The Kier molecular flexibility index (Phi) is 4.55. The van der Waals surface area contributed by atoms with Gasteiger partial charge in [-0.05, 0) is 36.4 Å². The number of benzene rings is 1. The van der Waals surface area contributed by atoms with Crippen molar-refractivity contribution in [2.75, 3.05) is 5.32 Å². The average Bonchev–Trinajstić information content (AvgIpc) is 3.24. The van der Waals surface area contributed by atoms with Crippen LogP contribution >= 0.6 is 0 Å². The molecule has 0 aliphatic rings. The van der Waals surface area contributed by atoms with Crippen LogP contribution in [-0.2, 0) is 17.4 Å². The number of anilines is 1. The van der Waals surface area contributed by atoms with Crippen LogP contribution in [0, 0.1) is 0 Å². The van der Waals surface area contributed by atoms with Crippen LogP contribution in [0.5, 0.6) is 0 Å². The SMILES string of the molecule is O=C(CCc1nc(-c2ccco2)no1)Nc1ccc(C(F)(F)F)cc1. The zero-order chi connectivity index (χ0) is 17.9. The summed E-state index contributed by atoms with van der Waals surface area (Å²) in [6, 6.07) is 7.56. The molecule has 0 saturated heterocycles. The number of aryl methyl sites for hydroxylation is 1. The van der Waals surface area contributed by atoms with Gasteiger partial charge in [0, 0.05) is 18.5 Å². The quantitative estimate of drug-likeness (QED) is 0.753. The number of hydrogen-bond donors (Lipinski definition) is 1. The molecular formula is C16H12F3N3O3. The maximum absolute atomic E-state index is 12.5. The molecule has 0 aliphatic carbocycles. The van der Waals surface area contributed by atoms with Gasteiger partial charge >= 0.3 is 6.18 Å². The molecule has 1 aromatic carbocycles. The van der Waals surface area contributed by atoms with E-state index < -0.39 is 11.7 Å². The number of furan rings is 1. The van der Waals surface area contributed by atoms with Crippen molar-refractivity contribution in [1.82, 2.24) is 10.1 Å². The van der Waals surface area contributed by atoms with Crippen LogP contribution in [0.4, 0.5) is 18.9 Å². The number of carbonyl (C=O) groups is 1. The number of alkyl halides is 3. The molecule has 0 bridgehead atoms. The summed E-state index contributed by atoms with van der Waals surface area (Å²) in [5.41, 5.74) is -0.499. The van der Waals surface area contributed by atoms with Crippen molar-refractivity contribution in [1.29, 1.82) is 0 Å². The molecule has 130 valence electrons. The summed E-state index contributed by atoms with van der Waals surface area (Å²) in [5, 5.41) is 6.25. The Morgan fingerprint density at radius 3 is 2.56 bits per heavy atom. The molecule has 2 heterocycles. The number of hydrogen-bond acceptors (Lipinski definition) is 5. The molecule has 0 atom stereocenters. The molecule has 2 aromatic heterocycles. The molecule has 1 amide bonds. The first-order chi connectivity index (χ1) is 11.9. The first-order valence-corrected chi connectivity index (χ1v) is 7.25. The largest absolute Gasteiger partial charge is 0.461 e. The summed E-state index contributed by atoms with van der Waals surface area (Å²) in [7, 11) is 0. The lowest BCUT2D eigenvalue weighted by Crippen LogP contribution is -2.13. The van der Waals surface area contributed by atoms with Gasteiger partial charge in [0.25, 0.3) is 0 Å². The maximum Gasteiger partial charge on any atom is 0.416 e. The van der Waals surface area contributed by atoms with E-state index in [0.29, 0.717) is 5.76 Å². The molecule has 1 N–H and O–H groups in total. The third-order valence-corrected chi connectivity index (χ3v) is 3.27. The van der Waals surface area contributed by atoms with Crippen molar-refractivity contribution < 1.29 is 26.9 Å². The highest BCUT2D eigenvalue weighted by atomic mass is 19.4. The zero-order valence-corrected chi connectivity index (χ0v) is 12.7. The molecule has 0 aliphatic heterocycles. The van der Waals surface area contributed by atoms with E-state index in [1.807, 2.05) is 0 Å². The fourth-order valence-corrected chi connectivity index (χ4v) is 2.05. The third-order valence-electron chi connectivity index (χ3n) is 3.27. The predicted octanol–water partition coefficient (Wildman–Crippen LogP) is 3.92. The molecule has 0 unspecified atom stereocenters. The fourth-order valence-electron chi connectivity index (χ4n) is 2.05. The van der Waals surface area contributed by atoms with Crippen molar-refractivity contribution in [3.63, 3.8) is 0 Å². The van der Waals surface area contributed by atoms with E-state index in [9.17, 15) is 18.0 Å². The number of carbonyl (C=O) groups excluding carboxylic acids is 1. The Labute approximate surface area is 139 Å². The third kappa shape index (κ3) is 4.25. The Morgan fingerprint density at radius 1 is 1.16 bits per heavy atom. The second-order valence-corrected chi connectivity index (χ2v) is 5.11. The van der Waals surface area contributed by atoms with Gasteiger partial charge in [0.1, 0.15) is 0 Å². The number of aromatic nitrogens is 2. The van der Waals surface area contributed by atoms with Crippen molar-refractivity contribution >= 4 is 11.6 Å². The van der Waals surface area contributed by atoms with E-state index in [0.717, 1.165) is 12.1 Å². The normalized spacial score (nSPS) is 11.5. The van der Waals surface area contributed by atoms with Crippen LogP contribution in [-0.4, -0.2) is 16.0 Å². The summed E-state index contributed by atoms with van der Waals surface area (Å²) in [6.07, 6.45) is -2.70. The minimum atomic E-state index is -4.41. The van der Waals surface area contributed by atoms with Gasteiger partial charge in [0.05, 0.1) is 11.8 Å². The molecule has 3 rings (SSSR count). The minimum absolute atomic E-state index is 0.0425. The standard InChI is InChI=1S/C16H12F3N3O3/c17-16(18,19)10-3-5-11(6-4-10)20-13(23)7-8-14-21-15(22-25-14)12-2-1-9-24-12/h1-6,9H,7-8H2,(H,20,23). The first-order valence-electron chi connectivity index (χ1n) is 7.25. The van der Waals surface area contributed by atoms with E-state index in [1.54, 1.807) is 12.1 Å². The topological polar surface area (TPSA) is 81.2 Å². The van der Waals surface area contributed by atoms with Crippen LogP contribution in [0.2, 0.25) is 0 Å². The monoisotopic (exact) mass is 351 g/mol. The molecule has 3 aromatic rings. The fraction of sp³-hybridized carbons (Fsp3) is 0.188. The average molecular weight is 351 g/mol. The van der Waals surface area contributed by atoms with Gasteiger partial charge in [-0.3, -0.25) is 4.79 Å². The van der Waals surface area contributed by atoms with Gasteiger partial charge in [-0.25, -0.2) is 0 Å². The summed E-state index contributed by atoms with van der Waals surface area (Å²) in [4.78, 5) is 16.0. The van der Waals surface area contributed by atoms with Gasteiger partial charge in [-0.1, -0.05) is 5.16 Å². The van der Waals surface area contributed by atoms with E-state index in [2.05, 4.69) is 15.5 Å². The van der Waals surface area contributed by atoms with Crippen LogP contribution < -0.4 is 5.32 Å². The lowest BCUT2D eigenvalue weighted by molar-refractivity contribution is -0.137. The highest BCUT2D eigenvalue weighted by Gasteiger charge is 2.29. The van der Waals surface area contributed by atoms with Gasteiger partial charge in [-0.15, -0.1) is 0 Å². The summed E-state index contributed by atoms with van der Waals surface area (Å²) >= 11 is 0. The van der Waals surface area contributed by atoms with E-state index >= 15 is 0 Å². The van der Waals surface area contributed by atoms with Crippen molar-refractivity contribution in [2.45, 2.75) is 19.0 Å². The number of nitrogens with one attached hydrogen (secondary N) is 1. The molecular weight excluding hydrogens is 339 g/mol. The molecule has 25 heavy (non-hydrogen) atoms. The van der Waals surface area contributed by atoms with E-state index in [4.69, 9.17) is 8.94 Å². The van der Waals surface area contributed by atoms with Crippen LogP contribution in [0.15, 0.2) is 51.6 Å². The molecule has 6 nitrogen and oxygen atoms in total. The molecule has 0 spiro atoms. The van der Waals surface area contributed by atoms with Gasteiger partial charge in [0.2, 0.25) is 17.6 Å². The van der Waals surface area contributed by atoms with Gasteiger partial charge in [0.15, 0.2) is 5.76 Å². The van der Waals surface area contributed by atoms with Crippen LogP contribution in [0.3, 0.4) is 0 Å². The van der Waals surface area contributed by atoms with Gasteiger partial charge < -0.3 is 14.3 Å². The highest BCUT2D eigenvalue weighted by Crippen LogP contribution is 2.29. The Bertz CT molecular complexity index is 840. The lowest BCUT2D eigenvalue weighted by atomic mass is 10.2. The highest BCUT2D eigenvalue weighted by molar-refractivity contribution is 5.90. The number of rotatable bonds is 5. The molecule has 0 radical (unpaired) electrons. The molecule has 0 saturated carbocycles. The predicted molar refractivity (Wildman–Crippen MR) is 80.4 cm³/mol. The van der Waals surface area contributed by atoms with Crippen LogP contribution in [0.25, 0.3) is 11.6 Å². The Morgan fingerprint density at radius 2 is 1.92 bits per heavy atom. The molecule has 9 heteroatoms. The van der Waals surface area contributed by atoms with Crippen LogP contribution in [0.1, 0.15) is 17.9 Å². The van der Waals surface area contributed by atoms with Gasteiger partial charge in [-0.2, -0.15) is 18.2 Å². The number of amides is 1. The van der Waals surface area contributed by atoms with E-state index in [-0.39, 0.29) is 36.2 Å². The van der Waals surface area contributed by atoms with Crippen molar-refractivity contribution in [3.05, 3.63) is 54.1 Å². The number of nitrogens with zero attached hydrogens (tertiary/aromatic N) is 2. The minimum Gasteiger partial charge on any atom is -0.461 e. The number of halogens is 3. The van der Waals surface area contributed by atoms with Crippen molar-refractivity contribution in [3.8, 4) is 11.6 Å². The molecule has 0 fully saturated rings. The second-order valence-electron chi connectivity index (χ2n) is 5.11. The summed E-state index contributed by atoms with van der Waals surface area (Å²) < 4.78 is 47.6. The first kappa shape index (κ1) is 16.7. The summed E-state index contributed by atoms with van der Waals surface area (Å²) in [5.74, 6) is 0.610. The smallest absolute Gasteiger partial charge is 0.416 e.